The average molecular weight is 301 g/mol. The van der Waals surface area contributed by atoms with Gasteiger partial charge in [-0.2, -0.15) is 4.98 Å². The molecular weight excluding hydrogens is 278 g/mol. The highest BCUT2D eigenvalue weighted by atomic mass is 16.6. The maximum atomic E-state index is 11.8. The maximum Gasteiger partial charge on any atom is 0.351 e. The Kier molecular flexibility index (Phi) is 5.46. The van der Waals surface area contributed by atoms with Crippen molar-refractivity contribution in [1.29, 1.82) is 0 Å². The minimum absolute atomic E-state index is 0. The molecule has 2 aliphatic rings. The van der Waals surface area contributed by atoms with E-state index in [9.17, 15) is 9.90 Å². The quantitative estimate of drug-likeness (QED) is 0.669. The summed E-state index contributed by atoms with van der Waals surface area (Å²) in [5, 5.41) is 16.3. The fraction of sp³-hybridized carbons (Fsp3) is 0.692. The van der Waals surface area contributed by atoms with Gasteiger partial charge in [0.05, 0.1) is 13.2 Å². The molecule has 0 aromatic carbocycles. The van der Waals surface area contributed by atoms with E-state index in [1.54, 1.807) is 13.1 Å². The summed E-state index contributed by atoms with van der Waals surface area (Å²) in [4.78, 5) is 15.6. The summed E-state index contributed by atoms with van der Waals surface area (Å²) in [5.41, 5.74) is 5.15. The van der Waals surface area contributed by atoms with Crippen molar-refractivity contribution in [1.82, 2.24) is 9.55 Å². The molecule has 0 saturated carbocycles. The molecule has 0 amide bonds. The van der Waals surface area contributed by atoms with Gasteiger partial charge in [0, 0.05) is 25.3 Å². The third-order valence-electron chi connectivity index (χ3n) is 3.56. The van der Waals surface area contributed by atoms with E-state index in [-0.39, 0.29) is 26.0 Å². The third-order valence-corrected chi connectivity index (χ3v) is 3.56. The van der Waals surface area contributed by atoms with Crippen LogP contribution in [0.25, 0.3) is 0 Å². The molecule has 3 heterocycles. The Bertz CT molecular complexity index is 547. The van der Waals surface area contributed by atoms with Gasteiger partial charge in [0.2, 0.25) is 0 Å². The molecule has 1 aromatic heterocycles. The van der Waals surface area contributed by atoms with E-state index in [1.807, 2.05) is 0 Å². The molecular formula is C13H23N3O5. The molecule has 2 aliphatic heterocycles. The molecule has 0 aliphatic carbocycles. The fourth-order valence-corrected chi connectivity index (χ4v) is 2.49. The van der Waals surface area contributed by atoms with Crippen molar-refractivity contribution in [3.05, 3.63) is 22.2 Å². The predicted molar refractivity (Wildman–Crippen MR) is 76.8 cm³/mol. The molecule has 21 heavy (non-hydrogen) atoms. The zero-order valence-electron chi connectivity index (χ0n) is 11.4. The first-order chi connectivity index (χ1) is 9.54. The summed E-state index contributed by atoms with van der Waals surface area (Å²) in [6.45, 7) is 2.02. The van der Waals surface area contributed by atoms with Gasteiger partial charge in [-0.05, 0) is 6.92 Å². The summed E-state index contributed by atoms with van der Waals surface area (Å²) in [6.07, 6.45) is 1.44. The third kappa shape index (κ3) is 2.93. The highest BCUT2D eigenvalue weighted by Gasteiger charge is 2.54. The molecule has 8 heteroatoms. The van der Waals surface area contributed by atoms with Gasteiger partial charge in [-0.25, -0.2) is 4.79 Å². The number of aliphatic hydroxyl groups excluding tert-OH is 2. The van der Waals surface area contributed by atoms with Crippen molar-refractivity contribution < 1.29 is 19.7 Å². The lowest BCUT2D eigenvalue weighted by atomic mass is 10.0. The summed E-state index contributed by atoms with van der Waals surface area (Å²) in [7, 11) is 1.00. The second-order valence-electron chi connectivity index (χ2n) is 4.90. The molecule has 1 unspecified atom stereocenters. The molecule has 0 radical (unpaired) electrons. The van der Waals surface area contributed by atoms with Crippen molar-refractivity contribution in [2.24, 2.45) is 0 Å². The van der Waals surface area contributed by atoms with E-state index in [0.717, 1.165) is 7.11 Å². The van der Waals surface area contributed by atoms with Crippen molar-refractivity contribution in [2.45, 2.75) is 38.7 Å². The van der Waals surface area contributed by atoms with E-state index in [0.29, 0.717) is 18.6 Å². The molecule has 3 rings (SSSR count). The standard InChI is InChI=1S/C11H15N3O4.CH4O.CH4/c1-6-3-14(10(16)13-8(6)12)9-7-2-11(4-15,18-9)5-17-7;1-2;/h3,7,9,15H,2,4-5H2,1H3,(H2,12,13,16);2H,1H3;1H4/t7?,9-,11+;;/m1../s1. The normalized spacial score (nSPS) is 29.5. The second kappa shape index (κ2) is 6.52. The first-order valence-corrected chi connectivity index (χ1v) is 6.25. The van der Waals surface area contributed by atoms with Crippen LogP contribution in [0.1, 0.15) is 25.6 Å². The Balaban J connectivity index is 0.000000706. The van der Waals surface area contributed by atoms with E-state index in [2.05, 4.69) is 4.98 Å². The molecule has 2 saturated heterocycles. The number of nitrogen functional groups attached to an aromatic ring is 1. The number of nitrogens with zero attached hydrogens (tertiary/aromatic N) is 2. The van der Waals surface area contributed by atoms with Crippen LogP contribution in [0.2, 0.25) is 0 Å². The number of hydrogen-bond donors (Lipinski definition) is 3. The first kappa shape index (κ1) is 17.6. The van der Waals surface area contributed by atoms with Crippen molar-refractivity contribution in [3.8, 4) is 0 Å². The van der Waals surface area contributed by atoms with Crippen LogP contribution in [0.4, 0.5) is 5.82 Å². The van der Waals surface area contributed by atoms with Gasteiger partial charge in [0.15, 0.2) is 6.23 Å². The van der Waals surface area contributed by atoms with E-state index in [1.165, 1.54) is 4.57 Å². The van der Waals surface area contributed by atoms with Crippen LogP contribution in [0.3, 0.4) is 0 Å². The number of anilines is 1. The Morgan fingerprint density at radius 2 is 2.24 bits per heavy atom. The van der Waals surface area contributed by atoms with Gasteiger partial charge in [-0.15, -0.1) is 0 Å². The van der Waals surface area contributed by atoms with Crippen LogP contribution < -0.4 is 11.4 Å². The van der Waals surface area contributed by atoms with Gasteiger partial charge >= 0.3 is 5.69 Å². The Morgan fingerprint density at radius 1 is 1.57 bits per heavy atom. The lowest BCUT2D eigenvalue weighted by molar-refractivity contribution is -0.184. The zero-order chi connectivity index (χ0) is 14.9. The molecule has 0 spiro atoms. The topological polar surface area (TPSA) is 120 Å². The van der Waals surface area contributed by atoms with Gasteiger partial charge in [0.1, 0.15) is 17.5 Å². The number of fused-ring (bicyclic) bond motifs is 2. The number of hydrogen-bond acceptors (Lipinski definition) is 7. The lowest BCUT2D eigenvalue weighted by Gasteiger charge is -2.30. The number of ether oxygens (including phenoxy) is 2. The van der Waals surface area contributed by atoms with E-state index in [4.69, 9.17) is 20.3 Å². The lowest BCUT2D eigenvalue weighted by Crippen LogP contribution is -2.41. The Hall–Kier alpha value is -1.48. The number of aliphatic hydroxyl groups is 2. The summed E-state index contributed by atoms with van der Waals surface area (Å²) in [5.74, 6) is 0.220. The van der Waals surface area contributed by atoms with Crippen LogP contribution in [0, 0.1) is 6.92 Å². The van der Waals surface area contributed by atoms with E-state index < -0.39 is 17.5 Å². The second-order valence-corrected chi connectivity index (χ2v) is 4.90. The number of aryl methyl sites for hydroxylation is 1. The molecule has 2 fully saturated rings. The minimum atomic E-state index is -0.677. The summed E-state index contributed by atoms with van der Waals surface area (Å²) >= 11 is 0. The highest BCUT2D eigenvalue weighted by Crippen LogP contribution is 2.43. The molecule has 2 bridgehead atoms. The molecule has 8 nitrogen and oxygen atoms in total. The molecule has 1 aromatic rings. The van der Waals surface area contributed by atoms with E-state index >= 15 is 0 Å². The van der Waals surface area contributed by atoms with Crippen molar-refractivity contribution in [3.63, 3.8) is 0 Å². The van der Waals surface area contributed by atoms with Crippen LogP contribution in [0.5, 0.6) is 0 Å². The zero-order valence-corrected chi connectivity index (χ0v) is 11.4. The van der Waals surface area contributed by atoms with Crippen LogP contribution >= 0.6 is 0 Å². The fourth-order valence-electron chi connectivity index (χ4n) is 2.49. The average Bonchev–Trinajstić information content (AvgIpc) is 3.04. The highest BCUT2D eigenvalue weighted by molar-refractivity contribution is 5.35. The largest absolute Gasteiger partial charge is 0.400 e. The maximum absolute atomic E-state index is 11.8. The number of rotatable bonds is 2. The van der Waals surface area contributed by atoms with Crippen molar-refractivity contribution >= 4 is 5.82 Å². The number of aromatic nitrogens is 2. The molecule has 3 atom stereocenters. The van der Waals surface area contributed by atoms with Gasteiger partial charge in [-0.3, -0.25) is 4.57 Å². The predicted octanol–water partition coefficient (Wildman–Crippen LogP) is -0.573. The summed E-state index contributed by atoms with van der Waals surface area (Å²) in [6, 6.07) is 0. The van der Waals surface area contributed by atoms with Crippen molar-refractivity contribution in [2.75, 3.05) is 26.1 Å². The Morgan fingerprint density at radius 3 is 2.81 bits per heavy atom. The van der Waals surface area contributed by atoms with Gasteiger partial charge in [-0.1, -0.05) is 7.43 Å². The summed E-state index contributed by atoms with van der Waals surface area (Å²) < 4.78 is 12.7. The Labute approximate surface area is 123 Å². The smallest absolute Gasteiger partial charge is 0.351 e. The minimum Gasteiger partial charge on any atom is -0.400 e. The van der Waals surface area contributed by atoms with Gasteiger partial charge in [0.25, 0.3) is 0 Å². The molecule has 4 N–H and O–H groups in total. The first-order valence-electron chi connectivity index (χ1n) is 6.25. The van der Waals surface area contributed by atoms with Crippen LogP contribution in [-0.2, 0) is 9.47 Å². The SMILES string of the molecule is C.CO.Cc1cn([C@@H]2O[C@@]3(CO)COC2C3)c(=O)nc1N. The van der Waals surface area contributed by atoms with Gasteiger partial charge < -0.3 is 25.4 Å². The number of nitrogens with two attached hydrogens (primary N) is 1. The van der Waals surface area contributed by atoms with Crippen LogP contribution in [-0.4, -0.2) is 51.8 Å². The molecule has 120 valence electrons. The van der Waals surface area contributed by atoms with Crippen LogP contribution in [0.15, 0.2) is 11.0 Å². The monoisotopic (exact) mass is 301 g/mol.